The van der Waals surface area contributed by atoms with Gasteiger partial charge in [-0.2, -0.15) is 9.29 Å². The zero-order valence-corrected chi connectivity index (χ0v) is 16.3. The van der Waals surface area contributed by atoms with Gasteiger partial charge in [-0.1, -0.05) is 17.3 Å². The summed E-state index contributed by atoms with van der Waals surface area (Å²) in [7, 11) is -3.89. The van der Waals surface area contributed by atoms with Crippen LogP contribution in [0.4, 0.5) is 4.39 Å². The second kappa shape index (κ2) is 7.00. The minimum Gasteiger partial charge on any atom is -0.339 e. The fraction of sp³-hybridized carbons (Fsp3) is 0.350. The summed E-state index contributed by atoms with van der Waals surface area (Å²) in [4.78, 5) is 8.25. The third-order valence-corrected chi connectivity index (χ3v) is 7.83. The van der Waals surface area contributed by atoms with Gasteiger partial charge in [-0.15, -0.1) is 0 Å². The Hall–Kier alpha value is -2.65. The van der Waals surface area contributed by atoms with Crippen molar-refractivity contribution in [1.82, 2.24) is 19.4 Å². The molecule has 0 N–H and O–H groups in total. The van der Waals surface area contributed by atoms with Gasteiger partial charge in [0.05, 0.1) is 0 Å². The molecule has 1 unspecified atom stereocenters. The molecule has 0 spiro atoms. The molecule has 9 heteroatoms. The Labute approximate surface area is 167 Å². The van der Waals surface area contributed by atoms with Gasteiger partial charge >= 0.3 is 0 Å². The van der Waals surface area contributed by atoms with Crippen LogP contribution in [0.15, 0.2) is 58.2 Å². The maximum absolute atomic E-state index is 14.2. The van der Waals surface area contributed by atoms with E-state index in [0.29, 0.717) is 24.6 Å². The van der Waals surface area contributed by atoms with E-state index >= 15 is 0 Å². The summed E-state index contributed by atoms with van der Waals surface area (Å²) in [5, 5.41) is 4.06. The molecule has 2 fully saturated rings. The van der Waals surface area contributed by atoms with Crippen LogP contribution in [0.25, 0.3) is 11.4 Å². The lowest BCUT2D eigenvalue weighted by molar-refractivity contribution is 0.201. The summed E-state index contributed by atoms with van der Waals surface area (Å²) < 4.78 is 47.4. The summed E-state index contributed by atoms with van der Waals surface area (Å²) in [6, 6.07) is 8.77. The molecule has 0 aliphatic carbocycles. The van der Waals surface area contributed by atoms with Gasteiger partial charge in [0.2, 0.25) is 21.7 Å². The van der Waals surface area contributed by atoms with E-state index in [1.807, 2.05) is 12.1 Å². The SMILES string of the molecule is O=S(=O)(c1ccccc1F)N1[C@@H]2CC[C@H]1CC(c1nc(-c3ccncc3)no1)C2. The normalized spacial score (nSPS) is 24.7. The summed E-state index contributed by atoms with van der Waals surface area (Å²) in [5.74, 6) is 0.295. The number of aromatic nitrogens is 3. The zero-order valence-electron chi connectivity index (χ0n) is 15.5. The molecule has 3 aromatic rings. The van der Waals surface area contributed by atoms with E-state index in [9.17, 15) is 12.8 Å². The maximum atomic E-state index is 14.2. The predicted octanol–water partition coefficient (Wildman–Crippen LogP) is 3.37. The molecule has 1 aromatic carbocycles. The van der Waals surface area contributed by atoms with E-state index < -0.39 is 15.8 Å². The Morgan fingerprint density at radius 1 is 1.03 bits per heavy atom. The van der Waals surface area contributed by atoms with Crippen molar-refractivity contribution >= 4 is 10.0 Å². The van der Waals surface area contributed by atoms with Gasteiger partial charge in [0.25, 0.3) is 0 Å². The topological polar surface area (TPSA) is 89.2 Å². The van der Waals surface area contributed by atoms with Crippen LogP contribution in [-0.4, -0.2) is 39.9 Å². The fourth-order valence-corrected chi connectivity index (χ4v) is 6.47. The first-order valence-corrected chi connectivity index (χ1v) is 11.0. The van der Waals surface area contributed by atoms with Crippen molar-refractivity contribution in [2.24, 2.45) is 0 Å². The molecule has 2 saturated heterocycles. The Kier molecular flexibility index (Phi) is 4.44. The van der Waals surface area contributed by atoms with Crippen molar-refractivity contribution in [2.45, 2.75) is 48.6 Å². The molecular formula is C20H19FN4O3S. The highest BCUT2D eigenvalue weighted by Crippen LogP contribution is 2.45. The summed E-state index contributed by atoms with van der Waals surface area (Å²) >= 11 is 0. The highest BCUT2D eigenvalue weighted by atomic mass is 32.2. The van der Waals surface area contributed by atoms with Gasteiger partial charge in [0, 0.05) is 36.0 Å². The summed E-state index contributed by atoms with van der Waals surface area (Å²) in [5.41, 5.74) is 0.817. The molecule has 2 bridgehead atoms. The number of nitrogens with zero attached hydrogens (tertiary/aromatic N) is 4. The standard InChI is InChI=1S/C20H19FN4O3S/c21-17-3-1-2-4-18(17)29(26,27)25-15-5-6-16(25)12-14(11-15)20-23-19(24-28-20)13-7-9-22-10-8-13/h1-4,7-10,14-16H,5-6,11-12H2/t14?,15-,16+. The fourth-order valence-electron chi connectivity index (χ4n) is 4.51. The third-order valence-electron chi connectivity index (χ3n) is 5.79. The van der Waals surface area contributed by atoms with E-state index in [0.717, 1.165) is 18.4 Å². The molecule has 0 amide bonds. The quantitative estimate of drug-likeness (QED) is 0.650. The van der Waals surface area contributed by atoms with Gasteiger partial charge in [-0.05, 0) is 49.9 Å². The van der Waals surface area contributed by atoms with Crippen molar-refractivity contribution < 1.29 is 17.3 Å². The number of rotatable bonds is 4. The van der Waals surface area contributed by atoms with Crippen molar-refractivity contribution in [3.05, 3.63) is 60.5 Å². The number of hydrogen-bond acceptors (Lipinski definition) is 6. The highest BCUT2D eigenvalue weighted by molar-refractivity contribution is 7.89. The van der Waals surface area contributed by atoms with E-state index in [4.69, 9.17) is 4.52 Å². The molecule has 3 atom stereocenters. The van der Waals surface area contributed by atoms with Crippen LogP contribution in [0.3, 0.4) is 0 Å². The molecule has 150 valence electrons. The lowest BCUT2D eigenvalue weighted by atomic mass is 9.92. The second-order valence-corrected chi connectivity index (χ2v) is 9.32. The predicted molar refractivity (Wildman–Crippen MR) is 102 cm³/mol. The minimum atomic E-state index is -3.89. The number of fused-ring (bicyclic) bond motifs is 2. The minimum absolute atomic E-state index is 0.0114. The number of hydrogen-bond donors (Lipinski definition) is 0. The van der Waals surface area contributed by atoms with E-state index in [2.05, 4.69) is 15.1 Å². The lowest BCUT2D eigenvalue weighted by Crippen LogP contribution is -2.46. The molecule has 5 rings (SSSR count). The molecule has 7 nitrogen and oxygen atoms in total. The number of piperidine rings is 1. The highest BCUT2D eigenvalue weighted by Gasteiger charge is 2.49. The van der Waals surface area contributed by atoms with Gasteiger partial charge in [-0.3, -0.25) is 4.98 Å². The number of sulfonamides is 1. The Morgan fingerprint density at radius 2 is 1.72 bits per heavy atom. The number of pyridine rings is 1. The first-order valence-electron chi connectivity index (χ1n) is 9.56. The van der Waals surface area contributed by atoms with Crippen LogP contribution in [0.5, 0.6) is 0 Å². The largest absolute Gasteiger partial charge is 0.339 e. The van der Waals surface area contributed by atoms with E-state index in [1.54, 1.807) is 18.5 Å². The smallest absolute Gasteiger partial charge is 0.246 e. The Morgan fingerprint density at radius 3 is 2.41 bits per heavy atom. The van der Waals surface area contributed by atoms with Crippen molar-refractivity contribution in [3.8, 4) is 11.4 Å². The van der Waals surface area contributed by atoms with Crippen LogP contribution in [0, 0.1) is 5.82 Å². The second-order valence-electron chi connectivity index (χ2n) is 7.51. The molecule has 2 aliphatic rings. The molecule has 4 heterocycles. The summed E-state index contributed by atoms with van der Waals surface area (Å²) in [6.45, 7) is 0. The van der Waals surface area contributed by atoms with Crippen LogP contribution in [-0.2, 0) is 10.0 Å². The molecule has 0 saturated carbocycles. The van der Waals surface area contributed by atoms with Crippen molar-refractivity contribution in [2.75, 3.05) is 0 Å². The van der Waals surface area contributed by atoms with Gasteiger partial charge in [0.1, 0.15) is 10.7 Å². The lowest BCUT2D eigenvalue weighted by Gasteiger charge is -2.36. The third kappa shape index (κ3) is 3.14. The van der Waals surface area contributed by atoms with Crippen LogP contribution >= 0.6 is 0 Å². The van der Waals surface area contributed by atoms with Crippen LogP contribution in [0.1, 0.15) is 37.5 Å². The van der Waals surface area contributed by atoms with E-state index in [1.165, 1.54) is 22.5 Å². The number of halogens is 1. The van der Waals surface area contributed by atoms with Crippen molar-refractivity contribution in [3.63, 3.8) is 0 Å². The average Bonchev–Trinajstić information content (AvgIpc) is 3.32. The maximum Gasteiger partial charge on any atom is 0.246 e. The van der Waals surface area contributed by atoms with Crippen molar-refractivity contribution in [1.29, 1.82) is 0 Å². The van der Waals surface area contributed by atoms with Crippen LogP contribution < -0.4 is 0 Å². The van der Waals surface area contributed by atoms with Gasteiger partial charge in [-0.25, -0.2) is 12.8 Å². The molecular weight excluding hydrogens is 395 g/mol. The number of benzene rings is 1. The zero-order chi connectivity index (χ0) is 20.0. The monoisotopic (exact) mass is 414 g/mol. The van der Waals surface area contributed by atoms with Crippen LogP contribution in [0.2, 0.25) is 0 Å². The molecule has 29 heavy (non-hydrogen) atoms. The van der Waals surface area contributed by atoms with Gasteiger partial charge < -0.3 is 4.52 Å². The van der Waals surface area contributed by atoms with Gasteiger partial charge in [0.15, 0.2) is 0 Å². The Bertz CT molecular complexity index is 1120. The molecule has 2 aromatic heterocycles. The molecule has 0 radical (unpaired) electrons. The first-order chi connectivity index (χ1) is 14.0. The van der Waals surface area contributed by atoms with E-state index in [-0.39, 0.29) is 22.9 Å². The average molecular weight is 414 g/mol. The molecule has 2 aliphatic heterocycles. The Balaban J connectivity index is 1.40. The summed E-state index contributed by atoms with van der Waals surface area (Å²) in [6.07, 6.45) is 6.00. The first kappa shape index (κ1) is 18.4.